The van der Waals surface area contributed by atoms with Gasteiger partial charge in [0.25, 0.3) is 0 Å². The molecule has 1 N–H and O–H groups in total. The molecule has 0 fully saturated rings. The third kappa shape index (κ3) is 3.82. The van der Waals surface area contributed by atoms with Gasteiger partial charge in [0.15, 0.2) is 0 Å². The zero-order valence-corrected chi connectivity index (χ0v) is 12.1. The van der Waals surface area contributed by atoms with E-state index in [2.05, 4.69) is 46.1 Å². The number of nitrogens with one attached hydrogen (secondary N) is 1. The van der Waals surface area contributed by atoms with Gasteiger partial charge in [-0.15, -0.1) is 0 Å². The maximum Gasteiger partial charge on any atom is 0.0802 e. The molecule has 0 unspecified atom stereocenters. The molecule has 1 aliphatic carbocycles. The lowest BCUT2D eigenvalue weighted by atomic mass is 9.83. The molecular weight excluding hydrogens is 210 g/mol. The Kier molecular flexibility index (Phi) is 6.21. The molecule has 0 heterocycles. The summed E-state index contributed by atoms with van der Waals surface area (Å²) in [5.41, 5.74) is 1.54. The average molecular weight is 239 g/mol. The summed E-state index contributed by atoms with van der Waals surface area (Å²) in [6.45, 7) is 8.96. The van der Waals surface area contributed by atoms with Gasteiger partial charge in [0.05, 0.1) is 12.2 Å². The van der Waals surface area contributed by atoms with E-state index >= 15 is 0 Å². The molecule has 17 heavy (non-hydrogen) atoms. The second-order valence-corrected chi connectivity index (χ2v) is 5.18. The molecule has 100 valence electrons. The van der Waals surface area contributed by atoms with Gasteiger partial charge in [0.2, 0.25) is 0 Å². The Morgan fingerprint density at radius 2 is 2.00 bits per heavy atom. The Hall–Kier alpha value is -0.340. The highest BCUT2D eigenvalue weighted by Crippen LogP contribution is 2.29. The predicted molar refractivity (Wildman–Crippen MR) is 74.2 cm³/mol. The highest BCUT2D eigenvalue weighted by atomic mass is 16.5. The highest BCUT2D eigenvalue weighted by Gasteiger charge is 2.30. The number of rotatable bonds is 6. The van der Waals surface area contributed by atoms with Gasteiger partial charge in [-0.05, 0) is 32.7 Å². The fourth-order valence-corrected chi connectivity index (χ4v) is 2.64. The number of hydrogen-bond acceptors (Lipinski definition) is 2. The third-order valence-corrected chi connectivity index (χ3v) is 4.12. The Labute approximate surface area is 107 Å². The van der Waals surface area contributed by atoms with Crippen molar-refractivity contribution >= 4 is 0 Å². The monoisotopic (exact) mass is 239 g/mol. The molecule has 1 aliphatic rings. The molecule has 2 heteroatoms. The summed E-state index contributed by atoms with van der Waals surface area (Å²) in [7, 11) is 2.06. The molecule has 0 aliphatic heterocycles. The molecule has 0 saturated carbocycles. The fourth-order valence-electron chi connectivity index (χ4n) is 2.64. The largest absolute Gasteiger partial charge is 0.371 e. The first kappa shape index (κ1) is 14.7. The Bertz CT molecular complexity index is 245. The van der Waals surface area contributed by atoms with Crippen molar-refractivity contribution in [3.8, 4) is 0 Å². The lowest BCUT2D eigenvalue weighted by Crippen LogP contribution is -2.43. The minimum atomic E-state index is 0.293. The summed E-state index contributed by atoms with van der Waals surface area (Å²) in [6, 6.07) is 0.564. The van der Waals surface area contributed by atoms with Gasteiger partial charge in [-0.3, -0.25) is 0 Å². The molecule has 0 saturated heterocycles. The van der Waals surface area contributed by atoms with Crippen molar-refractivity contribution in [2.75, 3.05) is 7.05 Å². The van der Waals surface area contributed by atoms with Crippen LogP contribution in [0.25, 0.3) is 0 Å². The standard InChI is InChI=1S/C15H29NO/c1-6-12-9-14(16-5)11(4)15(10-12)17-13(7-2)8-3/h10-11,13-16H,6-9H2,1-5H3/t11-,14+,15-/m1/s1. The van der Waals surface area contributed by atoms with Crippen LogP contribution in [0.4, 0.5) is 0 Å². The second kappa shape index (κ2) is 7.17. The third-order valence-electron chi connectivity index (χ3n) is 4.12. The lowest BCUT2D eigenvalue weighted by Gasteiger charge is -2.36. The summed E-state index contributed by atoms with van der Waals surface area (Å²) >= 11 is 0. The smallest absolute Gasteiger partial charge is 0.0802 e. The zero-order chi connectivity index (χ0) is 12.8. The van der Waals surface area contributed by atoms with E-state index in [0.717, 1.165) is 19.3 Å². The lowest BCUT2D eigenvalue weighted by molar-refractivity contribution is -0.0274. The normalized spacial score (nSPS) is 29.5. The molecule has 0 amide bonds. The highest BCUT2D eigenvalue weighted by molar-refractivity contribution is 5.14. The van der Waals surface area contributed by atoms with Gasteiger partial charge in [0.1, 0.15) is 0 Å². The van der Waals surface area contributed by atoms with Crippen molar-refractivity contribution in [2.24, 2.45) is 5.92 Å². The topological polar surface area (TPSA) is 21.3 Å². The van der Waals surface area contributed by atoms with Gasteiger partial charge < -0.3 is 10.1 Å². The Morgan fingerprint density at radius 3 is 2.47 bits per heavy atom. The van der Waals surface area contributed by atoms with E-state index in [1.807, 2.05) is 0 Å². The first-order valence-electron chi connectivity index (χ1n) is 7.18. The van der Waals surface area contributed by atoms with Crippen LogP contribution in [-0.2, 0) is 4.74 Å². The van der Waals surface area contributed by atoms with Crippen molar-refractivity contribution in [3.63, 3.8) is 0 Å². The quantitative estimate of drug-likeness (QED) is 0.716. The van der Waals surface area contributed by atoms with E-state index in [1.165, 1.54) is 6.42 Å². The molecular formula is C15H29NO. The van der Waals surface area contributed by atoms with E-state index < -0.39 is 0 Å². The van der Waals surface area contributed by atoms with Crippen molar-refractivity contribution in [1.29, 1.82) is 0 Å². The molecule has 3 atom stereocenters. The van der Waals surface area contributed by atoms with Crippen molar-refractivity contribution in [2.45, 2.75) is 71.6 Å². The average Bonchev–Trinajstić information content (AvgIpc) is 2.37. The van der Waals surface area contributed by atoms with Gasteiger partial charge in [-0.25, -0.2) is 0 Å². The molecule has 0 aromatic rings. The van der Waals surface area contributed by atoms with Crippen LogP contribution in [0.2, 0.25) is 0 Å². The van der Waals surface area contributed by atoms with E-state index in [0.29, 0.717) is 24.2 Å². The maximum absolute atomic E-state index is 6.25. The van der Waals surface area contributed by atoms with E-state index in [9.17, 15) is 0 Å². The fraction of sp³-hybridized carbons (Fsp3) is 0.867. The van der Waals surface area contributed by atoms with Crippen molar-refractivity contribution in [3.05, 3.63) is 11.6 Å². The summed E-state index contributed by atoms with van der Waals surface area (Å²) < 4.78 is 6.25. The molecule has 0 aromatic heterocycles. The van der Waals surface area contributed by atoms with Gasteiger partial charge in [-0.2, -0.15) is 0 Å². The summed E-state index contributed by atoms with van der Waals surface area (Å²) in [6.07, 6.45) is 7.62. The first-order valence-corrected chi connectivity index (χ1v) is 7.18. The minimum absolute atomic E-state index is 0.293. The number of ether oxygens (including phenoxy) is 1. The SMILES string of the molecule is CCC1=C[C@@H](OC(CC)CC)[C@H](C)[C@@H](NC)C1. The minimum Gasteiger partial charge on any atom is -0.371 e. The molecule has 0 bridgehead atoms. The molecule has 0 radical (unpaired) electrons. The van der Waals surface area contributed by atoms with Crippen LogP contribution in [0.5, 0.6) is 0 Å². The van der Waals surface area contributed by atoms with Gasteiger partial charge in [-0.1, -0.05) is 39.3 Å². The van der Waals surface area contributed by atoms with Crippen LogP contribution in [0.3, 0.4) is 0 Å². The summed E-state index contributed by atoms with van der Waals surface area (Å²) in [5.74, 6) is 0.566. The van der Waals surface area contributed by atoms with Gasteiger partial charge in [0, 0.05) is 12.0 Å². The van der Waals surface area contributed by atoms with E-state index in [4.69, 9.17) is 4.74 Å². The van der Waals surface area contributed by atoms with Crippen LogP contribution in [-0.4, -0.2) is 25.3 Å². The van der Waals surface area contributed by atoms with Crippen LogP contribution in [0.15, 0.2) is 11.6 Å². The van der Waals surface area contributed by atoms with Crippen molar-refractivity contribution in [1.82, 2.24) is 5.32 Å². The van der Waals surface area contributed by atoms with Crippen LogP contribution < -0.4 is 5.32 Å². The molecule has 2 nitrogen and oxygen atoms in total. The summed E-state index contributed by atoms with van der Waals surface area (Å²) in [5, 5.41) is 3.44. The van der Waals surface area contributed by atoms with Crippen LogP contribution in [0.1, 0.15) is 53.4 Å². The van der Waals surface area contributed by atoms with Gasteiger partial charge >= 0.3 is 0 Å². The number of hydrogen-bond donors (Lipinski definition) is 1. The molecule has 0 aromatic carbocycles. The molecule has 1 rings (SSSR count). The van der Waals surface area contributed by atoms with E-state index in [1.54, 1.807) is 5.57 Å². The first-order chi connectivity index (χ1) is 8.15. The maximum atomic E-state index is 6.25. The van der Waals surface area contributed by atoms with E-state index in [-0.39, 0.29) is 0 Å². The molecule has 0 spiro atoms. The Morgan fingerprint density at radius 1 is 1.35 bits per heavy atom. The van der Waals surface area contributed by atoms with Crippen LogP contribution in [0, 0.1) is 5.92 Å². The zero-order valence-electron chi connectivity index (χ0n) is 12.1. The van der Waals surface area contributed by atoms with Crippen LogP contribution >= 0.6 is 0 Å². The second-order valence-electron chi connectivity index (χ2n) is 5.18. The predicted octanol–water partition coefficient (Wildman–Crippen LogP) is 3.52. The Balaban J connectivity index is 2.73. The van der Waals surface area contributed by atoms with Crippen molar-refractivity contribution < 1.29 is 4.74 Å². The summed E-state index contributed by atoms with van der Waals surface area (Å²) in [4.78, 5) is 0.